The molecule has 2 aliphatic rings. The van der Waals surface area contributed by atoms with Gasteiger partial charge >= 0.3 is 0 Å². The van der Waals surface area contributed by atoms with Crippen LogP contribution in [0.2, 0.25) is 0 Å². The summed E-state index contributed by atoms with van der Waals surface area (Å²) in [6, 6.07) is 8.26. The number of piperazine rings is 1. The minimum atomic E-state index is 0.135. The summed E-state index contributed by atoms with van der Waals surface area (Å²) in [5.41, 5.74) is 5.25. The van der Waals surface area contributed by atoms with E-state index in [2.05, 4.69) is 49.3 Å². The van der Waals surface area contributed by atoms with Gasteiger partial charge in [0.1, 0.15) is 17.9 Å². The molecule has 8 nitrogen and oxygen atoms in total. The van der Waals surface area contributed by atoms with Crippen LogP contribution >= 0.6 is 0 Å². The van der Waals surface area contributed by atoms with E-state index in [1.54, 1.807) is 6.33 Å². The van der Waals surface area contributed by atoms with Gasteiger partial charge in [0.15, 0.2) is 0 Å². The van der Waals surface area contributed by atoms with Crippen LogP contribution in [0, 0.1) is 0 Å². The summed E-state index contributed by atoms with van der Waals surface area (Å²) in [6.45, 7) is 8.42. The highest BCUT2D eigenvalue weighted by atomic mass is 16.5. The Labute approximate surface area is 182 Å². The van der Waals surface area contributed by atoms with Gasteiger partial charge in [0.2, 0.25) is 0 Å². The Kier molecular flexibility index (Phi) is 5.05. The number of aromatic nitrogens is 4. The quantitative estimate of drug-likeness (QED) is 0.636. The second-order valence-electron chi connectivity index (χ2n) is 8.26. The van der Waals surface area contributed by atoms with E-state index in [9.17, 15) is 0 Å². The number of fused-ring (bicyclic) bond motifs is 1. The van der Waals surface area contributed by atoms with Gasteiger partial charge in [0.25, 0.3) is 0 Å². The van der Waals surface area contributed by atoms with Gasteiger partial charge in [-0.05, 0) is 31.5 Å². The second-order valence-corrected chi connectivity index (χ2v) is 8.26. The van der Waals surface area contributed by atoms with Gasteiger partial charge in [-0.2, -0.15) is 5.10 Å². The van der Waals surface area contributed by atoms with Crippen LogP contribution in [0.4, 0.5) is 11.5 Å². The van der Waals surface area contributed by atoms with E-state index in [-0.39, 0.29) is 6.10 Å². The van der Waals surface area contributed by atoms with E-state index in [1.165, 1.54) is 11.3 Å². The van der Waals surface area contributed by atoms with Gasteiger partial charge < -0.3 is 14.5 Å². The summed E-state index contributed by atoms with van der Waals surface area (Å²) in [5, 5.41) is 4.28. The van der Waals surface area contributed by atoms with Gasteiger partial charge in [-0.25, -0.2) is 9.97 Å². The molecule has 1 saturated heterocycles. The molecule has 2 aromatic heterocycles. The lowest BCUT2D eigenvalue weighted by molar-refractivity contribution is 0.242. The summed E-state index contributed by atoms with van der Waals surface area (Å²) < 4.78 is 7.73. The molecule has 0 spiro atoms. The van der Waals surface area contributed by atoms with Crippen molar-refractivity contribution in [3.05, 3.63) is 59.8 Å². The summed E-state index contributed by atoms with van der Waals surface area (Å²) in [5.74, 6) is 1.81. The van der Waals surface area contributed by atoms with Crippen LogP contribution in [-0.2, 0) is 13.6 Å². The smallest absolute Gasteiger partial charge is 0.132 e. The van der Waals surface area contributed by atoms with E-state index in [1.807, 2.05) is 37.8 Å². The Balaban J connectivity index is 1.33. The van der Waals surface area contributed by atoms with Crippen LogP contribution in [0.5, 0.6) is 5.75 Å². The average Bonchev–Trinajstić information content (AvgIpc) is 3.39. The fourth-order valence-electron chi connectivity index (χ4n) is 4.14. The number of rotatable bonds is 5. The fourth-order valence-corrected chi connectivity index (χ4v) is 4.14. The van der Waals surface area contributed by atoms with E-state index >= 15 is 0 Å². The molecule has 1 fully saturated rings. The highest BCUT2D eigenvalue weighted by Gasteiger charge is 2.23. The Hall–Kier alpha value is -3.42. The van der Waals surface area contributed by atoms with E-state index in [0.717, 1.165) is 54.7 Å². The van der Waals surface area contributed by atoms with Crippen LogP contribution in [-0.4, -0.2) is 57.7 Å². The number of ether oxygens (including phenoxy) is 1. The normalized spacial score (nSPS) is 15.9. The molecule has 0 bridgehead atoms. The predicted octanol–water partition coefficient (Wildman–Crippen LogP) is 2.67. The zero-order valence-electron chi connectivity index (χ0n) is 18.2. The van der Waals surface area contributed by atoms with Crippen LogP contribution in [0.25, 0.3) is 0 Å². The lowest BCUT2D eigenvalue weighted by Crippen LogP contribution is -2.46. The monoisotopic (exact) mass is 417 g/mol. The van der Waals surface area contributed by atoms with Crippen molar-refractivity contribution in [3.8, 4) is 5.75 Å². The molecule has 5 rings (SSSR count). The van der Waals surface area contributed by atoms with Crippen LogP contribution in [0.3, 0.4) is 0 Å². The summed E-state index contributed by atoms with van der Waals surface area (Å²) >= 11 is 0. The van der Waals surface area contributed by atoms with Crippen molar-refractivity contribution in [2.24, 2.45) is 12.0 Å². The highest BCUT2D eigenvalue weighted by Crippen LogP contribution is 2.28. The van der Waals surface area contributed by atoms with Crippen molar-refractivity contribution in [2.75, 3.05) is 36.0 Å². The maximum Gasteiger partial charge on any atom is 0.132 e. The van der Waals surface area contributed by atoms with E-state index < -0.39 is 0 Å². The number of hydrogen-bond donors (Lipinski definition) is 0. The largest absolute Gasteiger partial charge is 0.491 e. The molecular weight excluding hydrogens is 390 g/mol. The van der Waals surface area contributed by atoms with E-state index in [0.29, 0.717) is 6.54 Å². The zero-order chi connectivity index (χ0) is 21.4. The summed E-state index contributed by atoms with van der Waals surface area (Å²) in [7, 11) is 1.95. The molecule has 2 aliphatic heterocycles. The van der Waals surface area contributed by atoms with Crippen molar-refractivity contribution in [2.45, 2.75) is 26.5 Å². The fraction of sp³-hybridized carbons (Fsp3) is 0.391. The molecule has 0 atom stereocenters. The first-order chi connectivity index (χ1) is 15.1. The molecule has 3 aromatic rings. The third kappa shape index (κ3) is 3.97. The first kappa shape index (κ1) is 19.5. The minimum Gasteiger partial charge on any atom is -0.491 e. The Morgan fingerprint density at radius 1 is 1.00 bits per heavy atom. The summed E-state index contributed by atoms with van der Waals surface area (Å²) in [6.07, 6.45) is 5.76. The molecule has 1 aromatic carbocycles. The van der Waals surface area contributed by atoms with Gasteiger partial charge in [-0.3, -0.25) is 9.67 Å². The topological polar surface area (TPSA) is 71.7 Å². The molecule has 0 aliphatic carbocycles. The second kappa shape index (κ2) is 8.02. The molecule has 0 radical (unpaired) electrons. The average molecular weight is 418 g/mol. The zero-order valence-corrected chi connectivity index (χ0v) is 18.2. The standard InChI is InChI=1S/C23H27N7O/c1-16(2)31-19-5-4-17-12-24-23(20(17)10-19)21-11-22(26-15-25-21)30-8-6-29(7-9-30)18-13-27-28(3)14-18/h4-5,10-11,13-16H,6-9,12H2,1-3H3. The van der Waals surface area contributed by atoms with Crippen LogP contribution in [0.1, 0.15) is 30.7 Å². The number of benzene rings is 1. The minimum absolute atomic E-state index is 0.135. The number of anilines is 2. The SMILES string of the molecule is CC(C)Oc1ccc2c(c1)C(c1cc(N3CCN(c4cnn(C)c4)CC3)ncn1)=NC2. The Morgan fingerprint density at radius 2 is 1.81 bits per heavy atom. The lowest BCUT2D eigenvalue weighted by atomic mass is 10.0. The van der Waals surface area contributed by atoms with Crippen molar-refractivity contribution in [1.29, 1.82) is 0 Å². The van der Waals surface area contributed by atoms with Gasteiger partial charge in [0.05, 0.1) is 35.9 Å². The van der Waals surface area contributed by atoms with Gasteiger partial charge in [-0.15, -0.1) is 0 Å². The molecule has 0 saturated carbocycles. The number of aliphatic imine (C=N–C) groups is 1. The molecule has 0 unspecified atom stereocenters. The van der Waals surface area contributed by atoms with Crippen LogP contribution < -0.4 is 14.5 Å². The van der Waals surface area contributed by atoms with Crippen LogP contribution in [0.15, 0.2) is 48.0 Å². The Morgan fingerprint density at radius 3 is 2.55 bits per heavy atom. The lowest BCUT2D eigenvalue weighted by Gasteiger charge is -2.36. The van der Waals surface area contributed by atoms with Crippen molar-refractivity contribution < 1.29 is 4.74 Å². The molecule has 0 amide bonds. The third-order valence-corrected chi connectivity index (χ3v) is 5.67. The van der Waals surface area contributed by atoms with E-state index in [4.69, 9.17) is 9.73 Å². The first-order valence-corrected chi connectivity index (χ1v) is 10.7. The Bertz CT molecular complexity index is 1110. The first-order valence-electron chi connectivity index (χ1n) is 10.7. The van der Waals surface area contributed by atoms with Gasteiger partial charge in [0, 0.05) is 51.1 Å². The molecule has 8 heteroatoms. The third-order valence-electron chi connectivity index (χ3n) is 5.67. The number of aryl methyl sites for hydroxylation is 1. The maximum absolute atomic E-state index is 5.88. The van der Waals surface area contributed by atoms with Crippen molar-refractivity contribution in [3.63, 3.8) is 0 Å². The number of nitrogens with zero attached hydrogens (tertiary/aromatic N) is 7. The highest BCUT2D eigenvalue weighted by molar-refractivity contribution is 6.14. The molecule has 4 heterocycles. The predicted molar refractivity (Wildman–Crippen MR) is 121 cm³/mol. The summed E-state index contributed by atoms with van der Waals surface area (Å²) in [4.78, 5) is 18.5. The van der Waals surface area contributed by atoms with Gasteiger partial charge in [-0.1, -0.05) is 6.07 Å². The van der Waals surface area contributed by atoms with Crippen molar-refractivity contribution >= 4 is 17.2 Å². The molecule has 31 heavy (non-hydrogen) atoms. The molecule has 160 valence electrons. The van der Waals surface area contributed by atoms with Crippen molar-refractivity contribution in [1.82, 2.24) is 19.7 Å². The molecular formula is C23H27N7O. The maximum atomic E-state index is 5.88. The number of hydrogen-bond acceptors (Lipinski definition) is 7. The molecule has 0 N–H and O–H groups in total.